The number of hydrogen-bond donors (Lipinski definition) is 2. The van der Waals surface area contributed by atoms with E-state index >= 15 is 0 Å². The number of carbonyl (C=O) groups excluding carboxylic acids is 1. The number of carbonyl (C=O) groups is 1. The van der Waals surface area contributed by atoms with Crippen molar-refractivity contribution in [2.75, 3.05) is 25.5 Å². The maximum atomic E-state index is 15.0. The lowest BCUT2D eigenvalue weighted by atomic mass is 9.76. The van der Waals surface area contributed by atoms with Gasteiger partial charge < -0.3 is 14.8 Å². The summed E-state index contributed by atoms with van der Waals surface area (Å²) in [6, 6.07) is 4.21. The quantitative estimate of drug-likeness (QED) is 0.632. The normalized spacial score (nSPS) is 23.8. The number of benzene rings is 1. The Morgan fingerprint density at radius 3 is 2.78 bits per heavy atom. The fourth-order valence-electron chi connectivity index (χ4n) is 3.72. The number of nitrogens with zero attached hydrogens (tertiary/aromatic N) is 1. The summed E-state index contributed by atoms with van der Waals surface area (Å²) in [6.07, 6.45) is -4.36. The molecule has 1 saturated heterocycles. The molecule has 0 aromatic heterocycles. The summed E-state index contributed by atoms with van der Waals surface area (Å²) in [5.74, 6) is -0.000729. The molecule has 0 spiro atoms. The molecule has 2 heterocycles. The summed E-state index contributed by atoms with van der Waals surface area (Å²) in [5, 5.41) is 5.24. The van der Waals surface area contributed by atoms with Gasteiger partial charge in [-0.05, 0) is 44.9 Å². The largest absolute Gasteiger partial charge is 0.444 e. The monoisotopic (exact) mass is 477 g/mol. The number of rotatable bonds is 4. The summed E-state index contributed by atoms with van der Waals surface area (Å²) in [4.78, 5) is 16.9. The highest BCUT2D eigenvalue weighted by Crippen LogP contribution is 2.45. The van der Waals surface area contributed by atoms with Crippen LogP contribution in [0.25, 0.3) is 0 Å². The predicted molar refractivity (Wildman–Crippen MR) is 114 cm³/mol. The van der Waals surface area contributed by atoms with Crippen LogP contribution >= 0.6 is 11.8 Å². The zero-order valence-electron chi connectivity index (χ0n) is 18.1. The van der Waals surface area contributed by atoms with E-state index in [0.29, 0.717) is 29.5 Å². The Morgan fingerprint density at radius 2 is 2.09 bits per heavy atom. The Labute approximate surface area is 188 Å². The predicted octanol–water partition coefficient (Wildman–Crippen LogP) is 4.34. The number of amidine groups is 1. The standard InChI is InChI=1S/C21H27F4N3O3S/c1-19(2,3)31-18(29)27-17-28-20(12-30-7-6-14(20)10-32-17)15-8-13(4-5-16(15)22)9-26-11-21(23,24)25/h4-5,8,14,26H,6-7,9-12H2,1-3H3,(H,27,28,29). The molecule has 0 aliphatic carbocycles. The maximum absolute atomic E-state index is 15.0. The molecule has 2 N–H and O–H groups in total. The summed E-state index contributed by atoms with van der Waals surface area (Å²) in [6.45, 7) is 4.61. The smallest absolute Gasteiger partial charge is 0.413 e. The number of aliphatic imine (C=N–C) groups is 1. The van der Waals surface area contributed by atoms with E-state index in [1.54, 1.807) is 20.8 Å². The third kappa shape index (κ3) is 6.35. The molecule has 0 saturated carbocycles. The topological polar surface area (TPSA) is 72.0 Å². The lowest BCUT2D eigenvalue weighted by Crippen LogP contribution is -2.49. The van der Waals surface area contributed by atoms with Gasteiger partial charge in [-0.15, -0.1) is 0 Å². The number of amides is 1. The van der Waals surface area contributed by atoms with Crippen LogP contribution in [0.3, 0.4) is 0 Å². The second kappa shape index (κ2) is 9.56. The van der Waals surface area contributed by atoms with Crippen molar-refractivity contribution >= 4 is 23.0 Å². The minimum Gasteiger partial charge on any atom is -0.444 e. The molecule has 2 unspecified atom stereocenters. The lowest BCUT2D eigenvalue weighted by Gasteiger charge is -2.44. The van der Waals surface area contributed by atoms with Crippen molar-refractivity contribution in [3.63, 3.8) is 0 Å². The van der Waals surface area contributed by atoms with E-state index in [1.807, 2.05) is 0 Å². The molecule has 178 valence electrons. The third-order valence-electron chi connectivity index (χ3n) is 5.09. The second-order valence-corrected chi connectivity index (χ2v) is 9.86. The fraction of sp³-hybridized carbons (Fsp3) is 0.619. The van der Waals surface area contributed by atoms with Gasteiger partial charge in [-0.3, -0.25) is 5.32 Å². The SMILES string of the molecule is CC(C)(C)OC(=O)NC1=NC2(c3cc(CNCC(F)(F)F)ccc3F)COCCC2CS1. The Balaban J connectivity index is 1.89. The van der Waals surface area contributed by atoms with Gasteiger partial charge in [-0.25, -0.2) is 14.2 Å². The molecule has 1 fully saturated rings. The zero-order valence-corrected chi connectivity index (χ0v) is 19.0. The van der Waals surface area contributed by atoms with Crippen molar-refractivity contribution in [2.45, 2.75) is 51.1 Å². The summed E-state index contributed by atoms with van der Waals surface area (Å²) in [7, 11) is 0. The van der Waals surface area contributed by atoms with Gasteiger partial charge in [0.1, 0.15) is 17.0 Å². The Bertz CT molecular complexity index is 873. The van der Waals surface area contributed by atoms with Gasteiger partial charge in [0.2, 0.25) is 0 Å². The number of alkyl carbamates (subject to hydrolysis) is 1. The molecule has 3 rings (SSSR count). The summed E-state index contributed by atoms with van der Waals surface area (Å²) >= 11 is 1.35. The molecule has 2 aliphatic rings. The first-order valence-corrected chi connectivity index (χ1v) is 11.2. The minimum atomic E-state index is -4.34. The van der Waals surface area contributed by atoms with E-state index < -0.39 is 35.8 Å². The van der Waals surface area contributed by atoms with Crippen LogP contribution in [-0.2, 0) is 21.6 Å². The number of nitrogens with one attached hydrogen (secondary N) is 2. The average molecular weight is 478 g/mol. The van der Waals surface area contributed by atoms with Crippen LogP contribution in [0.15, 0.2) is 23.2 Å². The van der Waals surface area contributed by atoms with E-state index in [0.717, 1.165) is 0 Å². The zero-order chi connectivity index (χ0) is 23.6. The molecule has 1 amide bonds. The Hall–Kier alpha value is -1.85. The van der Waals surface area contributed by atoms with Gasteiger partial charge >= 0.3 is 12.3 Å². The van der Waals surface area contributed by atoms with Crippen molar-refractivity contribution in [3.8, 4) is 0 Å². The average Bonchev–Trinajstić information content (AvgIpc) is 2.66. The van der Waals surface area contributed by atoms with E-state index in [4.69, 9.17) is 14.5 Å². The maximum Gasteiger partial charge on any atom is 0.413 e. The molecular formula is C21H27F4N3O3S. The number of halogens is 4. The van der Waals surface area contributed by atoms with E-state index in [2.05, 4.69) is 10.6 Å². The molecule has 0 radical (unpaired) electrons. The van der Waals surface area contributed by atoms with Crippen molar-refractivity contribution in [3.05, 3.63) is 35.1 Å². The lowest BCUT2D eigenvalue weighted by molar-refractivity contribution is -0.125. The van der Waals surface area contributed by atoms with Crippen molar-refractivity contribution in [1.29, 1.82) is 0 Å². The summed E-state index contributed by atoms with van der Waals surface area (Å²) in [5.41, 5.74) is -1.03. The fourth-order valence-corrected chi connectivity index (χ4v) is 4.91. The van der Waals surface area contributed by atoms with Crippen LogP contribution in [0.1, 0.15) is 38.3 Å². The molecule has 0 bridgehead atoms. The van der Waals surface area contributed by atoms with Gasteiger partial charge in [-0.2, -0.15) is 13.2 Å². The van der Waals surface area contributed by atoms with Gasteiger partial charge in [0.25, 0.3) is 0 Å². The van der Waals surface area contributed by atoms with Crippen molar-refractivity contribution < 1.29 is 31.8 Å². The van der Waals surface area contributed by atoms with Crippen molar-refractivity contribution in [1.82, 2.24) is 10.6 Å². The second-order valence-electron chi connectivity index (χ2n) is 8.85. The van der Waals surface area contributed by atoms with Crippen LogP contribution in [0.2, 0.25) is 0 Å². The third-order valence-corrected chi connectivity index (χ3v) is 6.13. The highest BCUT2D eigenvalue weighted by atomic mass is 32.2. The van der Waals surface area contributed by atoms with Gasteiger partial charge in [-0.1, -0.05) is 17.8 Å². The Kier molecular flexibility index (Phi) is 7.41. The van der Waals surface area contributed by atoms with Gasteiger partial charge in [0.15, 0.2) is 5.17 Å². The van der Waals surface area contributed by atoms with Gasteiger partial charge in [0.05, 0.1) is 13.2 Å². The van der Waals surface area contributed by atoms with Crippen LogP contribution < -0.4 is 10.6 Å². The molecule has 2 atom stereocenters. The first-order valence-electron chi connectivity index (χ1n) is 10.2. The number of ether oxygens (including phenoxy) is 2. The van der Waals surface area contributed by atoms with E-state index in [-0.39, 0.29) is 24.6 Å². The van der Waals surface area contributed by atoms with Gasteiger partial charge in [0, 0.05) is 30.4 Å². The first kappa shape index (κ1) is 24.8. The Morgan fingerprint density at radius 1 is 1.34 bits per heavy atom. The van der Waals surface area contributed by atoms with Crippen LogP contribution in [0.4, 0.5) is 22.4 Å². The van der Waals surface area contributed by atoms with Crippen LogP contribution in [-0.4, -0.2) is 48.5 Å². The first-order chi connectivity index (χ1) is 14.9. The molecular weight excluding hydrogens is 450 g/mol. The highest BCUT2D eigenvalue weighted by molar-refractivity contribution is 8.13. The van der Waals surface area contributed by atoms with Crippen LogP contribution in [0, 0.1) is 11.7 Å². The molecule has 32 heavy (non-hydrogen) atoms. The molecule has 1 aromatic carbocycles. The molecule has 11 heteroatoms. The van der Waals surface area contributed by atoms with Crippen molar-refractivity contribution in [2.24, 2.45) is 10.9 Å². The minimum absolute atomic E-state index is 0.0571. The molecule has 6 nitrogen and oxygen atoms in total. The van der Waals surface area contributed by atoms with E-state index in [1.165, 1.54) is 30.0 Å². The molecule has 2 aliphatic heterocycles. The summed E-state index contributed by atoms with van der Waals surface area (Å²) < 4.78 is 63.3. The van der Waals surface area contributed by atoms with Crippen LogP contribution in [0.5, 0.6) is 0 Å². The van der Waals surface area contributed by atoms with E-state index in [9.17, 15) is 22.4 Å². The highest BCUT2D eigenvalue weighted by Gasteiger charge is 2.47. The number of thioether (sulfide) groups is 1. The number of hydrogen-bond acceptors (Lipinski definition) is 6. The number of alkyl halides is 3. The molecule has 1 aromatic rings. The number of fused-ring (bicyclic) bond motifs is 1.